The average Bonchev–Trinajstić information content (AvgIpc) is 3.17. The van der Waals surface area contributed by atoms with Crippen LogP contribution in [0.3, 0.4) is 0 Å². The smallest absolute Gasteiger partial charge is 0.407 e. The van der Waals surface area contributed by atoms with E-state index < -0.39 is 11.7 Å². The molecular weight excluding hydrogens is 426 g/mol. The van der Waals surface area contributed by atoms with Crippen LogP contribution in [0.5, 0.6) is 5.75 Å². The van der Waals surface area contributed by atoms with Gasteiger partial charge in [-0.05, 0) is 45.7 Å². The molecule has 1 aromatic heterocycles. The highest BCUT2D eigenvalue weighted by atomic mass is 16.6. The standard InChI is InChI=1S/C24H33N3O6/c1-24(2,3)33-23(30)26-10-9-25-22(29)16-6-5-11-27(14-16)21(28)12-17-15-32-20-13-18(31-4)7-8-19(17)20/h7-8,13,15-16H,5-6,9-12,14H2,1-4H3,(H,25,29)(H,26,30). The molecule has 9 heteroatoms. The van der Waals surface area contributed by atoms with Crippen LogP contribution in [0.4, 0.5) is 4.79 Å². The van der Waals surface area contributed by atoms with Gasteiger partial charge in [-0.25, -0.2) is 4.79 Å². The van der Waals surface area contributed by atoms with Crippen molar-refractivity contribution in [1.82, 2.24) is 15.5 Å². The maximum atomic E-state index is 12.9. The summed E-state index contributed by atoms with van der Waals surface area (Å²) >= 11 is 0. The fraction of sp³-hybridized carbons (Fsp3) is 0.542. The molecule has 2 aromatic rings. The molecule has 0 spiro atoms. The third-order valence-electron chi connectivity index (χ3n) is 5.44. The van der Waals surface area contributed by atoms with Crippen molar-refractivity contribution in [2.24, 2.45) is 5.92 Å². The molecule has 0 aliphatic carbocycles. The molecule has 2 heterocycles. The van der Waals surface area contributed by atoms with Gasteiger partial charge in [-0.1, -0.05) is 0 Å². The van der Waals surface area contributed by atoms with Crippen LogP contribution in [0, 0.1) is 5.92 Å². The lowest BCUT2D eigenvalue weighted by atomic mass is 9.96. The summed E-state index contributed by atoms with van der Waals surface area (Å²) in [5.74, 6) is 0.285. The number of nitrogens with one attached hydrogen (secondary N) is 2. The lowest BCUT2D eigenvalue weighted by Gasteiger charge is -2.32. The minimum atomic E-state index is -0.568. The van der Waals surface area contributed by atoms with Crippen LogP contribution in [-0.2, 0) is 20.7 Å². The minimum Gasteiger partial charge on any atom is -0.497 e. The molecule has 1 aliphatic heterocycles. The van der Waals surface area contributed by atoms with E-state index in [1.807, 2.05) is 12.1 Å². The number of hydrogen-bond acceptors (Lipinski definition) is 6. The predicted molar refractivity (Wildman–Crippen MR) is 123 cm³/mol. The Bertz CT molecular complexity index is 994. The molecule has 3 rings (SSSR count). The predicted octanol–water partition coefficient (Wildman–Crippen LogP) is 2.86. The first kappa shape index (κ1) is 24.4. The van der Waals surface area contributed by atoms with Crippen molar-refractivity contribution >= 4 is 28.9 Å². The second-order valence-electron chi connectivity index (χ2n) is 9.20. The van der Waals surface area contributed by atoms with Crippen molar-refractivity contribution in [1.29, 1.82) is 0 Å². The Labute approximate surface area is 193 Å². The third kappa shape index (κ3) is 6.87. The number of carbonyl (C=O) groups is 3. The molecule has 180 valence electrons. The van der Waals surface area contributed by atoms with Gasteiger partial charge in [-0.2, -0.15) is 0 Å². The number of carbonyl (C=O) groups excluding carboxylic acids is 3. The summed E-state index contributed by atoms with van der Waals surface area (Å²) in [6.45, 7) is 6.95. The Morgan fingerprint density at radius 3 is 2.67 bits per heavy atom. The summed E-state index contributed by atoms with van der Waals surface area (Å²) in [6, 6.07) is 5.52. The Balaban J connectivity index is 1.47. The van der Waals surface area contributed by atoms with E-state index in [-0.39, 0.29) is 30.7 Å². The normalized spacial score (nSPS) is 16.4. The summed E-state index contributed by atoms with van der Waals surface area (Å²) in [4.78, 5) is 38.9. The first-order valence-corrected chi connectivity index (χ1v) is 11.2. The zero-order chi connectivity index (χ0) is 24.0. The second-order valence-corrected chi connectivity index (χ2v) is 9.20. The average molecular weight is 460 g/mol. The number of methoxy groups -OCH3 is 1. The molecule has 1 saturated heterocycles. The maximum Gasteiger partial charge on any atom is 0.407 e. The molecule has 1 unspecified atom stereocenters. The van der Waals surface area contributed by atoms with Gasteiger partial charge in [-0.3, -0.25) is 9.59 Å². The SMILES string of the molecule is COc1ccc2c(CC(=O)N3CCCC(C(=O)NCCNC(=O)OC(C)(C)C)C3)coc2c1. The highest BCUT2D eigenvalue weighted by Gasteiger charge is 2.28. The molecule has 0 saturated carbocycles. The number of ether oxygens (including phenoxy) is 2. The quantitative estimate of drug-likeness (QED) is 0.616. The topological polar surface area (TPSA) is 110 Å². The number of amides is 3. The van der Waals surface area contributed by atoms with Gasteiger partial charge in [0.25, 0.3) is 0 Å². The lowest BCUT2D eigenvalue weighted by molar-refractivity contribution is -0.135. The van der Waals surface area contributed by atoms with Crippen molar-refractivity contribution in [3.05, 3.63) is 30.0 Å². The molecule has 1 aliphatic rings. The fourth-order valence-corrected chi connectivity index (χ4v) is 3.83. The molecule has 9 nitrogen and oxygen atoms in total. The number of furan rings is 1. The van der Waals surface area contributed by atoms with Gasteiger partial charge >= 0.3 is 6.09 Å². The van der Waals surface area contributed by atoms with Crippen LogP contribution in [-0.4, -0.2) is 61.7 Å². The summed E-state index contributed by atoms with van der Waals surface area (Å²) in [7, 11) is 1.59. The molecule has 1 fully saturated rings. The summed E-state index contributed by atoms with van der Waals surface area (Å²) in [5, 5.41) is 6.33. The number of likely N-dealkylation sites (tertiary alicyclic amines) is 1. The van der Waals surface area contributed by atoms with Gasteiger partial charge in [0.05, 0.1) is 25.7 Å². The first-order valence-electron chi connectivity index (χ1n) is 11.2. The largest absolute Gasteiger partial charge is 0.497 e. The maximum absolute atomic E-state index is 12.9. The minimum absolute atomic E-state index is 0.0300. The lowest BCUT2D eigenvalue weighted by Crippen LogP contribution is -2.47. The van der Waals surface area contributed by atoms with E-state index in [2.05, 4.69) is 10.6 Å². The van der Waals surface area contributed by atoms with Crippen LogP contribution >= 0.6 is 0 Å². The van der Waals surface area contributed by atoms with Crippen LogP contribution in [0.15, 0.2) is 28.9 Å². The summed E-state index contributed by atoms with van der Waals surface area (Å²) in [5.41, 5.74) is 0.923. The molecule has 33 heavy (non-hydrogen) atoms. The number of rotatable bonds is 7. The number of benzene rings is 1. The van der Waals surface area contributed by atoms with Crippen molar-refractivity contribution < 1.29 is 28.3 Å². The van der Waals surface area contributed by atoms with E-state index >= 15 is 0 Å². The van der Waals surface area contributed by atoms with Crippen molar-refractivity contribution in [2.45, 2.75) is 45.6 Å². The van der Waals surface area contributed by atoms with Crippen LogP contribution < -0.4 is 15.4 Å². The van der Waals surface area contributed by atoms with Gasteiger partial charge in [0.2, 0.25) is 11.8 Å². The van der Waals surface area contributed by atoms with Gasteiger partial charge < -0.3 is 29.4 Å². The molecule has 1 aromatic carbocycles. The van der Waals surface area contributed by atoms with Crippen LogP contribution in [0.25, 0.3) is 11.0 Å². The molecule has 0 radical (unpaired) electrons. The summed E-state index contributed by atoms with van der Waals surface area (Å²) in [6.07, 6.45) is 2.80. The zero-order valence-electron chi connectivity index (χ0n) is 19.7. The summed E-state index contributed by atoms with van der Waals surface area (Å²) < 4.78 is 16.0. The number of hydrogen-bond donors (Lipinski definition) is 2. The van der Waals surface area contributed by atoms with E-state index in [0.717, 1.165) is 23.8 Å². The molecule has 1 atom stereocenters. The molecular formula is C24H33N3O6. The molecule has 0 bridgehead atoms. The highest BCUT2D eigenvalue weighted by molar-refractivity contribution is 5.89. The Kier molecular flexibility index (Phi) is 7.84. The Morgan fingerprint density at radius 1 is 1.18 bits per heavy atom. The zero-order valence-corrected chi connectivity index (χ0v) is 19.7. The molecule has 3 amide bonds. The van der Waals surface area contributed by atoms with Crippen LogP contribution in [0.2, 0.25) is 0 Å². The van der Waals surface area contributed by atoms with Crippen molar-refractivity contribution in [3.63, 3.8) is 0 Å². The van der Waals surface area contributed by atoms with E-state index in [0.29, 0.717) is 31.0 Å². The Morgan fingerprint density at radius 2 is 1.94 bits per heavy atom. The number of alkyl carbamates (subject to hydrolysis) is 1. The van der Waals surface area contributed by atoms with Crippen molar-refractivity contribution in [3.8, 4) is 5.75 Å². The fourth-order valence-electron chi connectivity index (χ4n) is 3.83. The Hall–Kier alpha value is -3.23. The van der Waals surface area contributed by atoms with E-state index in [1.165, 1.54) is 0 Å². The molecule has 2 N–H and O–H groups in total. The van der Waals surface area contributed by atoms with E-state index in [4.69, 9.17) is 13.9 Å². The van der Waals surface area contributed by atoms with Gasteiger partial charge in [0.1, 0.15) is 16.9 Å². The van der Waals surface area contributed by atoms with Gasteiger partial charge in [0.15, 0.2) is 0 Å². The van der Waals surface area contributed by atoms with Crippen molar-refractivity contribution in [2.75, 3.05) is 33.3 Å². The van der Waals surface area contributed by atoms with E-state index in [9.17, 15) is 14.4 Å². The number of fused-ring (bicyclic) bond motifs is 1. The third-order valence-corrected chi connectivity index (χ3v) is 5.44. The number of piperidine rings is 1. The van der Waals surface area contributed by atoms with E-state index in [1.54, 1.807) is 45.1 Å². The van der Waals surface area contributed by atoms with Gasteiger partial charge in [-0.15, -0.1) is 0 Å². The van der Waals surface area contributed by atoms with Gasteiger partial charge in [0, 0.05) is 43.2 Å². The first-order chi connectivity index (χ1) is 15.7. The van der Waals surface area contributed by atoms with Crippen LogP contribution in [0.1, 0.15) is 39.2 Å². The number of nitrogens with zero attached hydrogens (tertiary/aromatic N) is 1. The highest BCUT2D eigenvalue weighted by Crippen LogP contribution is 2.27. The second kappa shape index (κ2) is 10.6. The monoisotopic (exact) mass is 459 g/mol.